The molecule has 2 rings (SSSR count). The lowest BCUT2D eigenvalue weighted by molar-refractivity contribution is 0.0579. The third kappa shape index (κ3) is 2.90. The molecule has 1 amide bonds. The topological polar surface area (TPSA) is 108 Å². The third-order valence-electron chi connectivity index (χ3n) is 3.53. The third-order valence-corrected chi connectivity index (χ3v) is 3.53. The van der Waals surface area contributed by atoms with Crippen LogP contribution in [0.2, 0.25) is 0 Å². The number of hydrogen-bond acceptors (Lipinski definition) is 6. The number of rotatable bonds is 3. The summed E-state index contributed by atoms with van der Waals surface area (Å²) >= 11 is 0. The molecule has 1 aliphatic rings. The van der Waals surface area contributed by atoms with Crippen molar-refractivity contribution in [2.75, 3.05) is 26.2 Å². The molecule has 0 saturated carbocycles. The summed E-state index contributed by atoms with van der Waals surface area (Å²) in [7, 11) is 0. The Bertz CT molecular complexity index is 505. The first-order valence-corrected chi connectivity index (χ1v) is 6.47. The van der Waals surface area contributed by atoms with Gasteiger partial charge in [-0.2, -0.15) is 0 Å². The fraction of sp³-hybridized carbons (Fsp3) is 0.583. The summed E-state index contributed by atoms with van der Waals surface area (Å²) in [4.78, 5) is 15.9. The molecule has 20 heavy (non-hydrogen) atoms. The predicted molar refractivity (Wildman–Crippen MR) is 71.6 cm³/mol. The first kappa shape index (κ1) is 14.3. The number of amidine groups is 1. The zero-order valence-corrected chi connectivity index (χ0v) is 11.6. The van der Waals surface area contributed by atoms with E-state index in [0.29, 0.717) is 31.9 Å². The van der Waals surface area contributed by atoms with Crippen LogP contribution in [0, 0.1) is 6.92 Å². The molecule has 110 valence electrons. The second-order valence-electron chi connectivity index (χ2n) is 4.86. The number of amides is 1. The minimum absolute atomic E-state index is 0.148. The zero-order chi connectivity index (χ0) is 14.7. The molecule has 0 radical (unpaired) electrons. The van der Waals surface area contributed by atoms with Crippen LogP contribution in [0.4, 0.5) is 0 Å². The quantitative estimate of drug-likeness (QED) is 0.346. The Kier molecular flexibility index (Phi) is 4.23. The lowest BCUT2D eigenvalue weighted by atomic mass is 10.2. The highest BCUT2D eigenvalue weighted by molar-refractivity contribution is 5.91. The number of nitrogens with zero attached hydrogens (tertiary/aromatic N) is 4. The molecule has 8 nitrogen and oxygen atoms in total. The lowest BCUT2D eigenvalue weighted by Crippen LogP contribution is -2.54. The summed E-state index contributed by atoms with van der Waals surface area (Å²) in [5, 5.41) is 15.4. The van der Waals surface area contributed by atoms with E-state index in [4.69, 9.17) is 15.5 Å². The molecule has 1 unspecified atom stereocenters. The number of hydrogen-bond donors (Lipinski definition) is 2. The van der Waals surface area contributed by atoms with Crippen LogP contribution in [0.5, 0.6) is 0 Å². The highest BCUT2D eigenvalue weighted by Crippen LogP contribution is 2.11. The highest BCUT2D eigenvalue weighted by Gasteiger charge is 2.27. The Balaban J connectivity index is 1.93. The standard InChI is InChI=1S/C12H19N5O3/c1-8-7-10(20-15-8)12(18)17-5-3-16(4-6-17)9(2)11(13)14-19/h7,9,19H,3-6H2,1-2H3,(H2,13,14). The van der Waals surface area contributed by atoms with Crippen molar-refractivity contribution >= 4 is 11.7 Å². The van der Waals surface area contributed by atoms with E-state index < -0.39 is 0 Å². The van der Waals surface area contributed by atoms with E-state index in [2.05, 4.69) is 15.2 Å². The van der Waals surface area contributed by atoms with Crippen molar-refractivity contribution in [2.45, 2.75) is 19.9 Å². The summed E-state index contributed by atoms with van der Waals surface area (Å²) < 4.78 is 4.98. The fourth-order valence-electron chi connectivity index (χ4n) is 2.20. The minimum atomic E-state index is -0.151. The molecule has 0 aliphatic carbocycles. The van der Waals surface area contributed by atoms with Crippen molar-refractivity contribution in [3.05, 3.63) is 17.5 Å². The van der Waals surface area contributed by atoms with Gasteiger partial charge in [0, 0.05) is 32.2 Å². The molecular weight excluding hydrogens is 262 g/mol. The summed E-state index contributed by atoms with van der Waals surface area (Å²) in [6.07, 6.45) is 0. The van der Waals surface area contributed by atoms with Gasteiger partial charge in [-0.1, -0.05) is 10.3 Å². The van der Waals surface area contributed by atoms with E-state index in [1.165, 1.54) is 0 Å². The number of oxime groups is 1. The van der Waals surface area contributed by atoms with E-state index in [0.717, 1.165) is 0 Å². The SMILES string of the molecule is Cc1cc(C(=O)N2CCN(C(C)C(N)=NO)CC2)on1. The summed E-state index contributed by atoms with van der Waals surface area (Å²) in [5.74, 6) is 0.290. The first-order valence-electron chi connectivity index (χ1n) is 6.47. The van der Waals surface area contributed by atoms with Crippen molar-refractivity contribution in [2.24, 2.45) is 10.9 Å². The number of nitrogens with two attached hydrogens (primary N) is 1. The van der Waals surface area contributed by atoms with Crippen molar-refractivity contribution in [3.63, 3.8) is 0 Å². The number of piperazine rings is 1. The average molecular weight is 281 g/mol. The zero-order valence-electron chi connectivity index (χ0n) is 11.6. The molecule has 0 spiro atoms. The van der Waals surface area contributed by atoms with Crippen molar-refractivity contribution in [3.8, 4) is 0 Å². The van der Waals surface area contributed by atoms with E-state index in [-0.39, 0.29) is 23.5 Å². The largest absolute Gasteiger partial charge is 0.409 e. The molecule has 1 atom stereocenters. The van der Waals surface area contributed by atoms with E-state index in [1.807, 2.05) is 6.92 Å². The monoisotopic (exact) mass is 281 g/mol. The Labute approximate surface area is 116 Å². The Morgan fingerprint density at radius 2 is 2.15 bits per heavy atom. The molecule has 2 heterocycles. The van der Waals surface area contributed by atoms with Gasteiger partial charge in [-0.25, -0.2) is 0 Å². The Morgan fingerprint density at radius 1 is 1.50 bits per heavy atom. The number of carbonyl (C=O) groups excluding carboxylic acids is 1. The summed E-state index contributed by atoms with van der Waals surface area (Å²) in [5.41, 5.74) is 6.28. The normalized spacial score (nSPS) is 19.1. The van der Waals surface area contributed by atoms with Crippen molar-refractivity contribution in [1.29, 1.82) is 0 Å². The molecule has 3 N–H and O–H groups in total. The van der Waals surface area contributed by atoms with E-state index >= 15 is 0 Å². The van der Waals surface area contributed by atoms with Crippen LogP contribution in [-0.4, -0.2) is 64.1 Å². The fourth-order valence-corrected chi connectivity index (χ4v) is 2.20. The van der Waals surface area contributed by atoms with Crippen LogP contribution in [0.25, 0.3) is 0 Å². The van der Waals surface area contributed by atoms with Gasteiger partial charge in [0.05, 0.1) is 11.7 Å². The predicted octanol–water partition coefficient (Wildman–Crippen LogP) is -0.124. The van der Waals surface area contributed by atoms with Gasteiger partial charge in [-0.05, 0) is 13.8 Å². The van der Waals surface area contributed by atoms with Gasteiger partial charge in [0.1, 0.15) is 0 Å². The molecule has 0 aromatic carbocycles. The molecular formula is C12H19N5O3. The van der Waals surface area contributed by atoms with Crippen LogP contribution < -0.4 is 5.73 Å². The van der Waals surface area contributed by atoms with Crippen molar-refractivity contribution in [1.82, 2.24) is 15.0 Å². The maximum Gasteiger partial charge on any atom is 0.292 e. The van der Waals surface area contributed by atoms with E-state index in [1.54, 1.807) is 17.9 Å². The second-order valence-corrected chi connectivity index (χ2v) is 4.86. The number of carbonyl (C=O) groups is 1. The van der Waals surface area contributed by atoms with Gasteiger partial charge in [0.2, 0.25) is 5.76 Å². The second kappa shape index (κ2) is 5.91. The lowest BCUT2D eigenvalue weighted by Gasteiger charge is -2.37. The van der Waals surface area contributed by atoms with Crippen LogP contribution in [0.15, 0.2) is 15.7 Å². The molecule has 1 fully saturated rings. The molecule has 1 saturated heterocycles. The number of aromatic nitrogens is 1. The average Bonchev–Trinajstić information content (AvgIpc) is 2.91. The van der Waals surface area contributed by atoms with Gasteiger partial charge in [0.15, 0.2) is 5.84 Å². The minimum Gasteiger partial charge on any atom is -0.409 e. The first-order chi connectivity index (χ1) is 9.52. The highest BCUT2D eigenvalue weighted by atomic mass is 16.5. The Morgan fingerprint density at radius 3 is 2.65 bits per heavy atom. The molecule has 8 heteroatoms. The van der Waals surface area contributed by atoms with Gasteiger partial charge in [-0.15, -0.1) is 0 Å². The van der Waals surface area contributed by atoms with Crippen LogP contribution in [0.1, 0.15) is 23.2 Å². The summed E-state index contributed by atoms with van der Waals surface area (Å²) in [6.45, 7) is 6.11. The van der Waals surface area contributed by atoms with Gasteiger partial charge in [-0.3, -0.25) is 9.69 Å². The Hall–Kier alpha value is -2.09. The van der Waals surface area contributed by atoms with Crippen LogP contribution in [0.3, 0.4) is 0 Å². The molecule has 0 bridgehead atoms. The van der Waals surface area contributed by atoms with Gasteiger partial charge in [0.25, 0.3) is 5.91 Å². The van der Waals surface area contributed by atoms with E-state index in [9.17, 15) is 4.79 Å². The molecule has 1 aliphatic heterocycles. The smallest absolute Gasteiger partial charge is 0.292 e. The number of aryl methyl sites for hydroxylation is 1. The van der Waals surface area contributed by atoms with Crippen molar-refractivity contribution < 1.29 is 14.5 Å². The maximum atomic E-state index is 12.2. The summed E-state index contributed by atoms with van der Waals surface area (Å²) in [6, 6.07) is 1.48. The van der Waals surface area contributed by atoms with Crippen LogP contribution in [-0.2, 0) is 0 Å². The molecule has 1 aromatic rings. The maximum absolute atomic E-state index is 12.2. The molecule has 1 aromatic heterocycles. The van der Waals surface area contributed by atoms with Gasteiger partial charge >= 0.3 is 0 Å². The van der Waals surface area contributed by atoms with Gasteiger partial charge < -0.3 is 20.4 Å². The van der Waals surface area contributed by atoms with Crippen LogP contribution >= 0.6 is 0 Å².